The molecule has 1 aliphatic carbocycles. The molecular weight excluding hydrogens is 271 g/mol. The van der Waals surface area contributed by atoms with Crippen molar-refractivity contribution in [1.29, 1.82) is 0 Å². The molecular formula is C16H23FN2O2. The van der Waals surface area contributed by atoms with Crippen molar-refractivity contribution in [2.75, 3.05) is 0 Å². The van der Waals surface area contributed by atoms with Crippen molar-refractivity contribution in [3.8, 4) is 0 Å². The Balaban J connectivity index is 2.05. The first-order chi connectivity index (χ1) is 9.81. The van der Waals surface area contributed by atoms with Gasteiger partial charge < -0.3 is 5.73 Å². The average molecular weight is 294 g/mol. The lowest BCUT2D eigenvalue weighted by Gasteiger charge is -2.38. The number of nitro benzene ring substituents is 1. The largest absolute Gasteiger partial charge is 0.325 e. The van der Waals surface area contributed by atoms with Crippen LogP contribution in [0.15, 0.2) is 18.2 Å². The number of hydrogen-bond donors (Lipinski definition) is 1. The van der Waals surface area contributed by atoms with Crippen LogP contribution in [-0.2, 0) is 6.42 Å². The smallest absolute Gasteiger partial charge is 0.304 e. The molecule has 0 unspecified atom stereocenters. The Bertz CT molecular complexity index is 523. The second-order valence-corrected chi connectivity index (χ2v) is 6.66. The fourth-order valence-electron chi connectivity index (χ4n) is 3.27. The third-order valence-electron chi connectivity index (χ3n) is 4.73. The maximum atomic E-state index is 13.7. The molecule has 1 aromatic carbocycles. The lowest BCUT2D eigenvalue weighted by Crippen LogP contribution is -2.45. The van der Waals surface area contributed by atoms with Crippen LogP contribution in [0, 0.1) is 27.8 Å². The molecule has 21 heavy (non-hydrogen) atoms. The van der Waals surface area contributed by atoms with Gasteiger partial charge >= 0.3 is 5.69 Å². The van der Waals surface area contributed by atoms with Crippen LogP contribution in [-0.4, -0.2) is 10.5 Å². The van der Waals surface area contributed by atoms with E-state index in [-0.39, 0.29) is 5.54 Å². The minimum Gasteiger partial charge on any atom is -0.325 e. The fourth-order valence-corrected chi connectivity index (χ4v) is 3.27. The van der Waals surface area contributed by atoms with Gasteiger partial charge in [0.15, 0.2) is 0 Å². The Kier molecular flexibility index (Phi) is 4.61. The van der Waals surface area contributed by atoms with E-state index in [9.17, 15) is 14.5 Å². The minimum atomic E-state index is -0.781. The first-order valence-electron chi connectivity index (χ1n) is 7.52. The van der Waals surface area contributed by atoms with Crippen LogP contribution in [0.2, 0.25) is 0 Å². The summed E-state index contributed by atoms with van der Waals surface area (Å²) >= 11 is 0. The quantitative estimate of drug-likeness (QED) is 0.678. The molecule has 2 rings (SSSR count). The summed E-state index contributed by atoms with van der Waals surface area (Å²) in [5, 5.41) is 10.6. The van der Waals surface area contributed by atoms with Gasteiger partial charge in [0.1, 0.15) is 0 Å². The Morgan fingerprint density at radius 2 is 2.05 bits per heavy atom. The molecule has 116 valence electrons. The zero-order valence-electron chi connectivity index (χ0n) is 12.6. The highest BCUT2D eigenvalue weighted by Gasteiger charge is 2.33. The monoisotopic (exact) mass is 294 g/mol. The standard InChI is InChI=1S/C16H23FN2O2/c1-11(2)13-5-7-16(18,8-6-13)10-12-3-4-15(19(20)21)14(17)9-12/h3-4,9,11,13H,5-8,10,18H2,1-2H3. The maximum absolute atomic E-state index is 13.7. The van der Waals surface area contributed by atoms with Gasteiger partial charge in [-0.2, -0.15) is 4.39 Å². The zero-order chi connectivity index (χ0) is 15.6. The minimum absolute atomic E-state index is 0.312. The summed E-state index contributed by atoms with van der Waals surface area (Å²) in [5.41, 5.74) is 6.39. The Hall–Kier alpha value is -1.49. The van der Waals surface area contributed by atoms with E-state index in [1.807, 2.05) is 0 Å². The molecule has 0 aromatic heterocycles. The van der Waals surface area contributed by atoms with Crippen molar-refractivity contribution in [3.05, 3.63) is 39.7 Å². The van der Waals surface area contributed by atoms with E-state index in [0.717, 1.165) is 37.2 Å². The molecule has 0 amide bonds. The summed E-state index contributed by atoms with van der Waals surface area (Å²) in [7, 11) is 0. The van der Waals surface area contributed by atoms with Gasteiger partial charge in [0.2, 0.25) is 5.82 Å². The number of nitrogens with zero attached hydrogens (tertiary/aromatic N) is 1. The zero-order valence-corrected chi connectivity index (χ0v) is 12.6. The molecule has 1 aliphatic rings. The van der Waals surface area contributed by atoms with Crippen molar-refractivity contribution in [1.82, 2.24) is 0 Å². The SMILES string of the molecule is CC(C)C1CCC(N)(Cc2ccc([N+](=O)[O-])c(F)c2)CC1. The molecule has 0 spiro atoms. The average Bonchev–Trinajstić information content (AvgIpc) is 2.38. The molecule has 0 radical (unpaired) electrons. The first kappa shape index (κ1) is 15.9. The number of nitrogens with two attached hydrogens (primary N) is 1. The Labute approximate surface area is 124 Å². The van der Waals surface area contributed by atoms with Gasteiger partial charge in [-0.1, -0.05) is 19.9 Å². The second kappa shape index (κ2) is 6.10. The van der Waals surface area contributed by atoms with Gasteiger partial charge in [-0.25, -0.2) is 0 Å². The van der Waals surface area contributed by atoms with Gasteiger partial charge in [0.05, 0.1) is 4.92 Å². The van der Waals surface area contributed by atoms with Gasteiger partial charge in [0.25, 0.3) is 0 Å². The summed E-state index contributed by atoms with van der Waals surface area (Å²) in [6.07, 6.45) is 4.63. The van der Waals surface area contributed by atoms with Crippen molar-refractivity contribution in [2.45, 2.75) is 51.5 Å². The first-order valence-corrected chi connectivity index (χ1v) is 7.52. The summed E-state index contributed by atoms with van der Waals surface area (Å²) in [5.74, 6) is 0.610. The lowest BCUT2D eigenvalue weighted by atomic mass is 9.71. The van der Waals surface area contributed by atoms with Gasteiger partial charge in [-0.3, -0.25) is 10.1 Å². The molecule has 4 nitrogen and oxygen atoms in total. The van der Waals surface area contributed by atoms with E-state index >= 15 is 0 Å². The lowest BCUT2D eigenvalue weighted by molar-refractivity contribution is -0.387. The summed E-state index contributed by atoms with van der Waals surface area (Å²) in [6, 6.07) is 4.10. The molecule has 0 aliphatic heterocycles. The van der Waals surface area contributed by atoms with Crippen LogP contribution in [0.25, 0.3) is 0 Å². The molecule has 0 heterocycles. The molecule has 0 saturated heterocycles. The highest BCUT2D eigenvalue weighted by Crippen LogP contribution is 2.36. The second-order valence-electron chi connectivity index (χ2n) is 6.66. The Morgan fingerprint density at radius 3 is 2.52 bits per heavy atom. The van der Waals surface area contributed by atoms with Gasteiger partial charge in [0, 0.05) is 11.6 Å². The Morgan fingerprint density at radius 1 is 1.43 bits per heavy atom. The summed E-state index contributed by atoms with van der Waals surface area (Å²) < 4.78 is 13.7. The summed E-state index contributed by atoms with van der Waals surface area (Å²) in [4.78, 5) is 9.92. The number of halogens is 1. The van der Waals surface area contributed by atoms with Crippen LogP contribution < -0.4 is 5.73 Å². The molecule has 2 N–H and O–H groups in total. The van der Waals surface area contributed by atoms with Crippen molar-refractivity contribution >= 4 is 5.69 Å². The maximum Gasteiger partial charge on any atom is 0.304 e. The van der Waals surface area contributed by atoms with Crippen LogP contribution in [0.5, 0.6) is 0 Å². The van der Waals surface area contributed by atoms with E-state index in [1.54, 1.807) is 6.07 Å². The number of benzene rings is 1. The molecule has 1 saturated carbocycles. The van der Waals surface area contributed by atoms with E-state index in [2.05, 4.69) is 13.8 Å². The number of hydrogen-bond acceptors (Lipinski definition) is 3. The predicted molar refractivity (Wildman–Crippen MR) is 80.5 cm³/mol. The van der Waals surface area contributed by atoms with Crippen LogP contribution in [0.3, 0.4) is 0 Å². The molecule has 1 aromatic rings. The summed E-state index contributed by atoms with van der Waals surface area (Å²) in [6.45, 7) is 4.47. The molecule has 1 fully saturated rings. The number of rotatable bonds is 4. The van der Waals surface area contributed by atoms with E-state index in [4.69, 9.17) is 5.73 Å². The normalized spacial score (nSPS) is 26.0. The van der Waals surface area contributed by atoms with Crippen molar-refractivity contribution < 1.29 is 9.31 Å². The highest BCUT2D eigenvalue weighted by molar-refractivity contribution is 5.35. The van der Waals surface area contributed by atoms with Crippen molar-refractivity contribution in [2.24, 2.45) is 17.6 Å². The third kappa shape index (κ3) is 3.79. The van der Waals surface area contributed by atoms with Crippen LogP contribution >= 0.6 is 0 Å². The topological polar surface area (TPSA) is 69.2 Å². The predicted octanol–water partition coefficient (Wildman–Crippen LogP) is 3.82. The van der Waals surface area contributed by atoms with Crippen LogP contribution in [0.4, 0.5) is 10.1 Å². The molecule has 0 atom stereocenters. The van der Waals surface area contributed by atoms with Gasteiger partial charge in [-0.15, -0.1) is 0 Å². The molecule has 5 heteroatoms. The molecule has 0 bridgehead atoms. The van der Waals surface area contributed by atoms with E-state index in [1.165, 1.54) is 12.1 Å². The van der Waals surface area contributed by atoms with Gasteiger partial charge in [-0.05, 0) is 55.6 Å². The number of nitro groups is 1. The highest BCUT2D eigenvalue weighted by atomic mass is 19.1. The van der Waals surface area contributed by atoms with E-state index < -0.39 is 16.4 Å². The van der Waals surface area contributed by atoms with Crippen LogP contribution in [0.1, 0.15) is 45.1 Å². The van der Waals surface area contributed by atoms with E-state index in [0.29, 0.717) is 12.3 Å². The third-order valence-corrected chi connectivity index (χ3v) is 4.73. The van der Waals surface area contributed by atoms with Crippen molar-refractivity contribution in [3.63, 3.8) is 0 Å². The fraction of sp³-hybridized carbons (Fsp3) is 0.625.